The number of rotatable bonds is 4. The Kier molecular flexibility index (Phi) is 5.82. The van der Waals surface area contributed by atoms with Crippen LogP contribution in [0.3, 0.4) is 0 Å². The Balaban J connectivity index is 1.86. The Morgan fingerprint density at radius 1 is 1.39 bits per heavy atom. The van der Waals surface area contributed by atoms with Crippen molar-refractivity contribution >= 4 is 40.1 Å². The van der Waals surface area contributed by atoms with Crippen LogP contribution in [0.1, 0.15) is 58.6 Å². The van der Waals surface area contributed by atoms with Gasteiger partial charge < -0.3 is 10.6 Å². The van der Waals surface area contributed by atoms with Gasteiger partial charge in [0, 0.05) is 41.9 Å². The molecule has 1 atom stereocenters. The monoisotopic (exact) mass is 454 g/mol. The quantitative estimate of drug-likeness (QED) is 0.322. The maximum atomic E-state index is 13.3. The number of fused-ring (bicyclic) bond motifs is 2. The average molecular weight is 455 g/mol. The molecule has 2 N–H and O–H groups in total. The second kappa shape index (κ2) is 8.40. The summed E-state index contributed by atoms with van der Waals surface area (Å²) in [6, 6.07) is 3.94. The van der Waals surface area contributed by atoms with E-state index in [1.165, 1.54) is 6.20 Å². The van der Waals surface area contributed by atoms with Gasteiger partial charge in [-0.1, -0.05) is 0 Å². The van der Waals surface area contributed by atoms with E-state index in [4.69, 9.17) is 17.3 Å². The standard InChI is InChI=1S/C22H23ClN6OS/c1-29(2)12-27-20-14(11-24)17-16(31-20)6-4-9-22(17)8-3-5-13(19(22)25)18(30)15-7-10-26-21(23)28-15/h7,10,12H,3-6,8-9,25H2,1-2H3/t22-/m0/s1. The van der Waals surface area contributed by atoms with Gasteiger partial charge in [0.15, 0.2) is 0 Å². The molecule has 160 valence electrons. The topological polar surface area (TPSA) is 108 Å². The van der Waals surface area contributed by atoms with Crippen molar-refractivity contribution in [1.82, 2.24) is 14.9 Å². The number of carbonyl (C=O) groups is 1. The van der Waals surface area contributed by atoms with Crippen molar-refractivity contribution in [2.45, 2.75) is 43.9 Å². The third kappa shape index (κ3) is 3.73. The predicted octanol–water partition coefficient (Wildman–Crippen LogP) is 4.14. The van der Waals surface area contributed by atoms with Crippen molar-refractivity contribution in [3.8, 4) is 6.07 Å². The van der Waals surface area contributed by atoms with Gasteiger partial charge in [0.2, 0.25) is 11.1 Å². The molecule has 7 nitrogen and oxygen atoms in total. The molecule has 1 spiro atoms. The molecular formula is C22H23ClN6OS. The Morgan fingerprint density at radius 3 is 2.81 bits per heavy atom. The van der Waals surface area contributed by atoms with Crippen molar-refractivity contribution in [3.63, 3.8) is 0 Å². The Morgan fingerprint density at radius 2 is 2.13 bits per heavy atom. The maximum absolute atomic E-state index is 13.3. The molecule has 0 unspecified atom stereocenters. The van der Waals surface area contributed by atoms with Crippen LogP contribution in [-0.2, 0) is 11.8 Å². The number of aromatic nitrogens is 2. The Hall–Kier alpha value is -2.76. The summed E-state index contributed by atoms with van der Waals surface area (Å²) in [7, 11) is 3.79. The molecule has 0 saturated carbocycles. The third-order valence-corrected chi connectivity index (χ3v) is 7.31. The second-order valence-electron chi connectivity index (χ2n) is 8.12. The highest BCUT2D eigenvalue weighted by Gasteiger charge is 2.46. The molecule has 0 saturated heterocycles. The maximum Gasteiger partial charge on any atom is 0.222 e. The van der Waals surface area contributed by atoms with Crippen LogP contribution < -0.4 is 5.73 Å². The van der Waals surface area contributed by atoms with Crippen molar-refractivity contribution in [1.29, 1.82) is 5.26 Å². The molecule has 2 aromatic rings. The summed E-state index contributed by atoms with van der Waals surface area (Å²) < 4.78 is 0. The lowest BCUT2D eigenvalue weighted by Gasteiger charge is -2.42. The highest BCUT2D eigenvalue weighted by Crippen LogP contribution is 2.54. The average Bonchev–Trinajstić information content (AvgIpc) is 3.12. The normalized spacial score (nSPS) is 20.7. The van der Waals surface area contributed by atoms with Gasteiger partial charge in [-0.3, -0.25) is 4.79 Å². The molecule has 0 aliphatic heterocycles. The van der Waals surface area contributed by atoms with E-state index in [0.717, 1.165) is 42.5 Å². The number of aryl methyl sites for hydroxylation is 1. The molecule has 2 aliphatic rings. The fraction of sp³-hybridized carbons (Fsp3) is 0.409. The van der Waals surface area contributed by atoms with Crippen LogP contribution >= 0.6 is 22.9 Å². The van der Waals surface area contributed by atoms with E-state index in [1.54, 1.807) is 23.7 Å². The molecule has 9 heteroatoms. The lowest BCUT2D eigenvalue weighted by molar-refractivity contribution is 0.101. The largest absolute Gasteiger partial charge is 0.401 e. The van der Waals surface area contributed by atoms with Crippen LogP contribution in [0.2, 0.25) is 5.28 Å². The van der Waals surface area contributed by atoms with Crippen molar-refractivity contribution in [3.05, 3.63) is 50.5 Å². The Labute approximate surface area is 190 Å². The number of hydrogen-bond donors (Lipinski definition) is 1. The van der Waals surface area contributed by atoms with Crippen LogP contribution in [-0.4, -0.2) is 41.1 Å². The van der Waals surface area contributed by atoms with Crippen molar-refractivity contribution in [2.75, 3.05) is 14.1 Å². The minimum absolute atomic E-state index is 0.0310. The van der Waals surface area contributed by atoms with Crippen LogP contribution in [0.15, 0.2) is 28.5 Å². The first kappa shape index (κ1) is 21.5. The summed E-state index contributed by atoms with van der Waals surface area (Å²) in [5, 5.41) is 10.8. The number of nitrogens with two attached hydrogens (primary N) is 1. The SMILES string of the molecule is CN(C)C=Nc1sc2c(c1C#N)[C@]1(CCCC(C(=O)c3ccnc(Cl)n3)=C1N)CCC2. The van der Waals surface area contributed by atoms with Gasteiger partial charge >= 0.3 is 0 Å². The fourth-order valence-electron chi connectivity index (χ4n) is 4.68. The minimum atomic E-state index is -0.513. The molecule has 0 bridgehead atoms. The van der Waals surface area contributed by atoms with Gasteiger partial charge in [-0.2, -0.15) is 5.26 Å². The molecule has 0 amide bonds. The number of thiophene rings is 1. The lowest BCUT2D eigenvalue weighted by atomic mass is 9.62. The van der Waals surface area contributed by atoms with Gasteiger partial charge in [-0.15, -0.1) is 11.3 Å². The number of nitriles is 1. The summed E-state index contributed by atoms with van der Waals surface area (Å²) in [5.41, 5.74) is 9.19. The molecule has 0 radical (unpaired) electrons. The summed E-state index contributed by atoms with van der Waals surface area (Å²) in [6.07, 6.45) is 8.06. The molecular weight excluding hydrogens is 432 g/mol. The fourth-order valence-corrected chi connectivity index (χ4v) is 6.06. The van der Waals surface area contributed by atoms with Gasteiger partial charge in [-0.05, 0) is 61.8 Å². The van der Waals surface area contributed by atoms with E-state index >= 15 is 0 Å². The van der Waals surface area contributed by atoms with Gasteiger partial charge in [0.05, 0.1) is 11.9 Å². The summed E-state index contributed by atoms with van der Waals surface area (Å²) in [4.78, 5) is 28.7. The molecule has 2 heterocycles. The van der Waals surface area contributed by atoms with E-state index in [9.17, 15) is 10.1 Å². The number of allylic oxidation sites excluding steroid dienone is 2. The zero-order valence-corrected chi connectivity index (χ0v) is 19.1. The first-order valence-electron chi connectivity index (χ1n) is 10.2. The van der Waals surface area contributed by atoms with Crippen molar-refractivity contribution in [2.24, 2.45) is 10.7 Å². The number of carbonyl (C=O) groups excluding carboxylic acids is 1. The Bertz CT molecular complexity index is 1150. The molecule has 2 aromatic heterocycles. The van der Waals surface area contributed by atoms with E-state index in [2.05, 4.69) is 21.0 Å². The third-order valence-electron chi connectivity index (χ3n) is 5.97. The zero-order chi connectivity index (χ0) is 22.2. The first-order valence-corrected chi connectivity index (χ1v) is 11.4. The molecule has 0 fully saturated rings. The van der Waals surface area contributed by atoms with E-state index in [-0.39, 0.29) is 16.8 Å². The van der Waals surface area contributed by atoms with Crippen LogP contribution in [0.25, 0.3) is 0 Å². The molecule has 2 aliphatic carbocycles. The predicted molar refractivity (Wildman–Crippen MR) is 122 cm³/mol. The van der Waals surface area contributed by atoms with E-state index < -0.39 is 5.41 Å². The number of halogens is 1. The van der Waals surface area contributed by atoms with E-state index in [1.807, 2.05) is 19.0 Å². The van der Waals surface area contributed by atoms with Crippen LogP contribution in [0.5, 0.6) is 0 Å². The first-order chi connectivity index (χ1) is 14.9. The number of Topliss-reactive ketones (excluding diaryl/α,β-unsaturated/α-hetero) is 1. The minimum Gasteiger partial charge on any atom is -0.401 e. The highest BCUT2D eigenvalue weighted by atomic mass is 35.5. The summed E-state index contributed by atoms with van der Waals surface area (Å²) >= 11 is 7.45. The molecule has 4 rings (SSSR count). The van der Waals surface area contributed by atoms with Crippen LogP contribution in [0, 0.1) is 11.3 Å². The smallest absolute Gasteiger partial charge is 0.222 e. The molecule has 0 aromatic carbocycles. The van der Waals surface area contributed by atoms with Gasteiger partial charge in [-0.25, -0.2) is 15.0 Å². The second-order valence-corrected chi connectivity index (χ2v) is 9.54. The van der Waals surface area contributed by atoms with E-state index in [0.29, 0.717) is 28.3 Å². The highest BCUT2D eigenvalue weighted by molar-refractivity contribution is 7.16. The number of ketones is 1. The number of aliphatic imine (C=N–C) groups is 1. The number of hydrogen-bond acceptors (Lipinski definition) is 7. The summed E-state index contributed by atoms with van der Waals surface area (Å²) in [6.45, 7) is 0. The van der Waals surface area contributed by atoms with Crippen LogP contribution in [0.4, 0.5) is 5.00 Å². The summed E-state index contributed by atoms with van der Waals surface area (Å²) in [5.74, 6) is -0.215. The zero-order valence-electron chi connectivity index (χ0n) is 17.5. The lowest BCUT2D eigenvalue weighted by Crippen LogP contribution is -2.40. The van der Waals surface area contributed by atoms with Gasteiger partial charge in [0.1, 0.15) is 16.8 Å². The van der Waals surface area contributed by atoms with Crippen molar-refractivity contribution < 1.29 is 4.79 Å². The molecule has 31 heavy (non-hydrogen) atoms. The van der Waals surface area contributed by atoms with Gasteiger partial charge in [0.25, 0.3) is 0 Å². The number of nitrogens with zero attached hydrogens (tertiary/aromatic N) is 5.